The van der Waals surface area contributed by atoms with Gasteiger partial charge in [0.25, 0.3) is 0 Å². The monoisotopic (exact) mass is 194 g/mol. The van der Waals surface area contributed by atoms with Crippen molar-refractivity contribution in [3.8, 4) is 6.19 Å². The largest absolute Gasteiger partial charge is 0.247 e. The highest BCUT2D eigenvalue weighted by atomic mass is 15.0. The number of fused-ring (bicyclic) bond motifs is 3. The van der Waals surface area contributed by atoms with E-state index in [1.54, 1.807) is 4.57 Å². The molecule has 2 nitrogen and oxygen atoms in total. The summed E-state index contributed by atoms with van der Waals surface area (Å²) in [5, 5.41) is 12.6. The van der Waals surface area contributed by atoms with Crippen molar-refractivity contribution < 1.29 is 0 Å². The number of nitrogens with zero attached hydrogens (tertiary/aromatic N) is 2. The van der Waals surface area contributed by atoms with Gasteiger partial charge in [-0.15, -0.1) is 0 Å². The summed E-state index contributed by atoms with van der Waals surface area (Å²) < 4.78 is 1.72. The van der Waals surface area contributed by atoms with Crippen LogP contribution in [0.15, 0.2) is 24.3 Å². The minimum atomic E-state index is 1.01. The van der Waals surface area contributed by atoms with Gasteiger partial charge < -0.3 is 0 Å². The highest BCUT2D eigenvalue weighted by Gasteiger charge is 2.07. The van der Waals surface area contributed by atoms with E-state index in [0.717, 1.165) is 23.7 Å². The number of para-hydroxylation sites is 1. The molecule has 1 aliphatic rings. The second kappa shape index (κ2) is 2.99. The lowest BCUT2D eigenvalue weighted by Crippen LogP contribution is -2.29. The lowest BCUT2D eigenvalue weighted by atomic mass is 10.1. The summed E-state index contributed by atoms with van der Waals surface area (Å²) in [6.07, 6.45) is 8.73. The molecule has 0 unspecified atom stereocenters. The molecule has 0 amide bonds. The van der Waals surface area contributed by atoms with E-state index in [1.807, 2.05) is 18.2 Å². The maximum Gasteiger partial charge on any atom is 0.189 e. The Morgan fingerprint density at radius 1 is 1.13 bits per heavy atom. The molecule has 2 heteroatoms. The summed E-state index contributed by atoms with van der Waals surface area (Å²) in [7, 11) is 0. The van der Waals surface area contributed by atoms with Crippen LogP contribution in [-0.2, 0) is 0 Å². The minimum Gasteiger partial charge on any atom is -0.247 e. The predicted molar refractivity (Wildman–Crippen MR) is 60.4 cm³/mol. The second-order valence-electron chi connectivity index (χ2n) is 3.74. The fraction of sp³-hybridized carbons (Fsp3) is 0.154. The molecule has 0 aliphatic heterocycles. The van der Waals surface area contributed by atoms with Crippen LogP contribution in [0.4, 0.5) is 0 Å². The quantitative estimate of drug-likeness (QED) is 0.622. The van der Waals surface area contributed by atoms with Crippen molar-refractivity contribution in [2.45, 2.75) is 12.8 Å². The first-order valence-corrected chi connectivity index (χ1v) is 5.12. The molecular formula is C13H10N2. The number of nitriles is 1. The Balaban J connectivity index is 2.69. The second-order valence-corrected chi connectivity index (χ2v) is 3.74. The normalized spacial score (nSPS) is 13.8. The first-order valence-electron chi connectivity index (χ1n) is 5.12. The van der Waals surface area contributed by atoms with E-state index >= 15 is 0 Å². The first kappa shape index (κ1) is 8.31. The summed E-state index contributed by atoms with van der Waals surface area (Å²) in [5.41, 5.74) is 1.01. The molecule has 0 saturated carbocycles. The molecule has 0 saturated heterocycles. The molecule has 0 bridgehead atoms. The van der Waals surface area contributed by atoms with Crippen LogP contribution in [0.2, 0.25) is 0 Å². The van der Waals surface area contributed by atoms with Gasteiger partial charge in [0, 0.05) is 10.6 Å². The van der Waals surface area contributed by atoms with Gasteiger partial charge in [0.1, 0.15) is 0 Å². The summed E-state index contributed by atoms with van der Waals surface area (Å²) in [4.78, 5) is 0. The van der Waals surface area contributed by atoms with Crippen molar-refractivity contribution in [3.63, 3.8) is 0 Å². The SMILES string of the molecule is N#Cn1c2c(c3ccccc31)=CCCC=2. The summed E-state index contributed by atoms with van der Waals surface area (Å²) >= 11 is 0. The van der Waals surface area contributed by atoms with Gasteiger partial charge in [0.15, 0.2) is 6.19 Å². The van der Waals surface area contributed by atoms with Crippen LogP contribution in [0.5, 0.6) is 0 Å². The van der Waals surface area contributed by atoms with Crippen LogP contribution >= 0.6 is 0 Å². The van der Waals surface area contributed by atoms with Gasteiger partial charge in [-0.25, -0.2) is 4.57 Å². The zero-order chi connectivity index (χ0) is 10.3. The Morgan fingerprint density at radius 3 is 2.80 bits per heavy atom. The van der Waals surface area contributed by atoms with Crippen LogP contribution in [-0.4, -0.2) is 4.57 Å². The van der Waals surface area contributed by atoms with Gasteiger partial charge in [0.2, 0.25) is 0 Å². The smallest absolute Gasteiger partial charge is 0.189 e. The Hall–Kier alpha value is -2.01. The molecule has 1 heterocycles. The number of aromatic nitrogens is 1. The fourth-order valence-corrected chi connectivity index (χ4v) is 2.26. The molecule has 72 valence electrons. The molecular weight excluding hydrogens is 184 g/mol. The number of benzene rings is 1. The third kappa shape index (κ3) is 1.04. The van der Waals surface area contributed by atoms with Gasteiger partial charge in [-0.05, 0) is 18.9 Å². The highest BCUT2D eigenvalue weighted by molar-refractivity contribution is 5.83. The van der Waals surface area contributed by atoms with Gasteiger partial charge in [-0.3, -0.25) is 0 Å². The predicted octanol–water partition coefficient (Wildman–Crippen LogP) is 1.33. The molecule has 3 rings (SSSR count). The fourth-order valence-electron chi connectivity index (χ4n) is 2.26. The van der Waals surface area contributed by atoms with E-state index in [1.165, 1.54) is 10.6 Å². The molecule has 15 heavy (non-hydrogen) atoms. The van der Waals surface area contributed by atoms with Crippen LogP contribution in [0.25, 0.3) is 23.1 Å². The summed E-state index contributed by atoms with van der Waals surface area (Å²) in [6, 6.07) is 8.07. The Bertz CT molecular complexity index is 684. The third-order valence-electron chi connectivity index (χ3n) is 2.90. The van der Waals surface area contributed by atoms with Gasteiger partial charge in [-0.2, -0.15) is 5.26 Å². The zero-order valence-corrected chi connectivity index (χ0v) is 8.27. The molecule has 2 aromatic rings. The van der Waals surface area contributed by atoms with E-state index < -0.39 is 0 Å². The zero-order valence-electron chi connectivity index (χ0n) is 8.27. The Morgan fingerprint density at radius 2 is 1.93 bits per heavy atom. The van der Waals surface area contributed by atoms with E-state index in [0.29, 0.717) is 0 Å². The van der Waals surface area contributed by atoms with Gasteiger partial charge >= 0.3 is 0 Å². The topological polar surface area (TPSA) is 28.7 Å². The average molecular weight is 194 g/mol. The number of hydrogen-bond donors (Lipinski definition) is 0. The standard InChI is InChI=1S/C13H10N2/c14-9-15-12-7-3-1-5-10(12)11-6-2-4-8-13(11)15/h1,3,5-8H,2,4H2. The van der Waals surface area contributed by atoms with Crippen molar-refractivity contribution in [1.29, 1.82) is 5.26 Å². The molecule has 0 radical (unpaired) electrons. The van der Waals surface area contributed by atoms with Gasteiger partial charge in [-0.1, -0.05) is 30.4 Å². The molecule has 1 aromatic heterocycles. The maximum absolute atomic E-state index is 9.16. The van der Waals surface area contributed by atoms with Crippen LogP contribution in [0.1, 0.15) is 12.8 Å². The van der Waals surface area contributed by atoms with E-state index in [2.05, 4.69) is 24.4 Å². The average Bonchev–Trinajstić information content (AvgIpc) is 2.63. The molecule has 0 spiro atoms. The van der Waals surface area contributed by atoms with Crippen LogP contribution < -0.4 is 10.6 Å². The van der Waals surface area contributed by atoms with Crippen molar-refractivity contribution in [1.82, 2.24) is 4.57 Å². The lowest BCUT2D eigenvalue weighted by Gasteiger charge is -1.95. The molecule has 0 fully saturated rings. The Kier molecular flexibility index (Phi) is 1.66. The summed E-state index contributed by atoms with van der Waals surface area (Å²) in [6.45, 7) is 0. The van der Waals surface area contributed by atoms with Crippen molar-refractivity contribution in [2.24, 2.45) is 0 Å². The van der Waals surface area contributed by atoms with E-state index in [4.69, 9.17) is 5.26 Å². The van der Waals surface area contributed by atoms with E-state index in [-0.39, 0.29) is 0 Å². The molecule has 1 aliphatic carbocycles. The van der Waals surface area contributed by atoms with Crippen molar-refractivity contribution in [2.75, 3.05) is 0 Å². The van der Waals surface area contributed by atoms with Crippen molar-refractivity contribution in [3.05, 3.63) is 34.8 Å². The molecule has 0 N–H and O–H groups in total. The maximum atomic E-state index is 9.16. The van der Waals surface area contributed by atoms with E-state index in [9.17, 15) is 0 Å². The first-order chi connectivity index (χ1) is 7.42. The minimum absolute atomic E-state index is 1.01. The summed E-state index contributed by atoms with van der Waals surface area (Å²) in [5.74, 6) is 0. The van der Waals surface area contributed by atoms with Gasteiger partial charge in [0.05, 0.1) is 10.9 Å². The highest BCUT2D eigenvalue weighted by Crippen LogP contribution is 2.09. The van der Waals surface area contributed by atoms with Crippen LogP contribution in [0.3, 0.4) is 0 Å². The lowest BCUT2D eigenvalue weighted by molar-refractivity contribution is 1.04. The Labute approximate surface area is 87.4 Å². The number of hydrogen-bond acceptors (Lipinski definition) is 1. The molecule has 1 aromatic carbocycles. The molecule has 0 atom stereocenters. The van der Waals surface area contributed by atoms with Crippen molar-refractivity contribution >= 4 is 23.1 Å². The third-order valence-corrected chi connectivity index (χ3v) is 2.90. The van der Waals surface area contributed by atoms with Crippen LogP contribution in [0, 0.1) is 11.5 Å². The number of rotatable bonds is 0.